The molecule has 4 aliphatic rings. The molecule has 8 unspecified atom stereocenters. The van der Waals surface area contributed by atoms with Crippen LogP contribution in [0.2, 0.25) is 0 Å². The predicted octanol–water partition coefficient (Wildman–Crippen LogP) is 5.52. The topological polar surface area (TPSA) is 0 Å². The van der Waals surface area contributed by atoms with Crippen molar-refractivity contribution >= 4 is 0 Å². The fourth-order valence-corrected chi connectivity index (χ4v) is 7.24. The van der Waals surface area contributed by atoms with Crippen molar-refractivity contribution in [2.24, 2.45) is 47.3 Å². The van der Waals surface area contributed by atoms with Gasteiger partial charge >= 0.3 is 0 Å². The molecule has 19 heavy (non-hydrogen) atoms. The Balaban J connectivity index is 1.65. The van der Waals surface area contributed by atoms with Gasteiger partial charge < -0.3 is 0 Å². The molecule has 0 aromatic rings. The molecule has 0 saturated heterocycles. The Morgan fingerprint density at radius 2 is 1.26 bits per heavy atom. The van der Waals surface area contributed by atoms with Gasteiger partial charge in [0.2, 0.25) is 0 Å². The van der Waals surface area contributed by atoms with E-state index in [-0.39, 0.29) is 0 Å². The summed E-state index contributed by atoms with van der Waals surface area (Å²) in [5, 5.41) is 0. The van der Waals surface area contributed by atoms with Crippen molar-refractivity contribution in [1.29, 1.82) is 0 Å². The van der Waals surface area contributed by atoms with Crippen LogP contribution in [0.3, 0.4) is 0 Å². The molecule has 0 N–H and O–H groups in total. The highest BCUT2D eigenvalue weighted by atomic mass is 14.6. The summed E-state index contributed by atoms with van der Waals surface area (Å²) in [6, 6.07) is 0. The van der Waals surface area contributed by atoms with E-state index in [1.807, 2.05) is 0 Å². The van der Waals surface area contributed by atoms with E-state index >= 15 is 0 Å². The van der Waals surface area contributed by atoms with Crippen LogP contribution in [0.5, 0.6) is 0 Å². The maximum atomic E-state index is 2.63. The van der Waals surface area contributed by atoms with Crippen molar-refractivity contribution in [2.45, 2.75) is 71.6 Å². The number of fused-ring (bicyclic) bond motifs is 5. The third kappa shape index (κ3) is 1.84. The molecule has 4 saturated carbocycles. The highest BCUT2D eigenvalue weighted by Gasteiger charge is 2.53. The zero-order chi connectivity index (χ0) is 13.0. The molecule has 8 atom stereocenters. The first kappa shape index (κ1) is 12.7. The molecule has 0 heteroatoms. The molecular weight excluding hydrogens is 228 g/mol. The normalized spacial score (nSPS) is 57.2. The highest BCUT2D eigenvalue weighted by molar-refractivity contribution is 5.02. The van der Waals surface area contributed by atoms with Crippen LogP contribution in [0.4, 0.5) is 0 Å². The molecule has 0 amide bonds. The van der Waals surface area contributed by atoms with E-state index in [2.05, 4.69) is 13.8 Å². The first-order chi connectivity index (χ1) is 9.27. The zero-order valence-corrected chi connectivity index (χ0v) is 13.0. The van der Waals surface area contributed by atoms with Crippen LogP contribution in [0.15, 0.2) is 0 Å². The largest absolute Gasteiger partial charge is 0.0620 e. The van der Waals surface area contributed by atoms with Crippen molar-refractivity contribution in [3.8, 4) is 0 Å². The SMILES string of the molecule is CC1C(C)C2C3CCCC3CCC2C2CCCCC12. The molecule has 0 aromatic carbocycles. The monoisotopic (exact) mass is 260 g/mol. The Hall–Kier alpha value is 0. The quantitative estimate of drug-likeness (QED) is 0.538. The summed E-state index contributed by atoms with van der Waals surface area (Å²) < 4.78 is 0. The van der Waals surface area contributed by atoms with Gasteiger partial charge in [0, 0.05) is 0 Å². The molecule has 4 fully saturated rings. The lowest BCUT2D eigenvalue weighted by Gasteiger charge is -2.57. The fourth-order valence-electron chi connectivity index (χ4n) is 7.24. The summed E-state index contributed by atoms with van der Waals surface area (Å²) in [6.07, 6.45) is 14.1. The van der Waals surface area contributed by atoms with E-state index in [1.54, 1.807) is 51.4 Å². The van der Waals surface area contributed by atoms with E-state index in [9.17, 15) is 0 Å². The average Bonchev–Trinajstić information content (AvgIpc) is 2.92. The molecule has 0 bridgehead atoms. The summed E-state index contributed by atoms with van der Waals surface area (Å²) in [6.45, 7) is 5.25. The van der Waals surface area contributed by atoms with Gasteiger partial charge in [0.25, 0.3) is 0 Å². The molecule has 4 aliphatic carbocycles. The Bertz CT molecular complexity index is 333. The molecule has 0 nitrogen and oxygen atoms in total. The van der Waals surface area contributed by atoms with Gasteiger partial charge in [-0.25, -0.2) is 0 Å². The van der Waals surface area contributed by atoms with Crippen molar-refractivity contribution < 1.29 is 0 Å². The zero-order valence-electron chi connectivity index (χ0n) is 13.0. The van der Waals surface area contributed by atoms with Crippen LogP contribution in [0.25, 0.3) is 0 Å². The van der Waals surface area contributed by atoms with Gasteiger partial charge in [-0.05, 0) is 79.4 Å². The lowest BCUT2D eigenvalue weighted by molar-refractivity contribution is -0.0844. The van der Waals surface area contributed by atoms with Gasteiger partial charge in [-0.1, -0.05) is 39.5 Å². The van der Waals surface area contributed by atoms with E-state index in [4.69, 9.17) is 0 Å². The summed E-state index contributed by atoms with van der Waals surface area (Å²) in [5.41, 5.74) is 0. The molecule has 0 aliphatic heterocycles. The number of hydrogen-bond donors (Lipinski definition) is 0. The molecule has 4 rings (SSSR count). The van der Waals surface area contributed by atoms with Gasteiger partial charge in [0.1, 0.15) is 0 Å². The minimum Gasteiger partial charge on any atom is -0.0620 e. The smallest absolute Gasteiger partial charge is 0.0324 e. The lowest BCUT2D eigenvalue weighted by Crippen LogP contribution is -2.50. The van der Waals surface area contributed by atoms with Gasteiger partial charge in [-0.15, -0.1) is 0 Å². The van der Waals surface area contributed by atoms with Gasteiger partial charge in [-0.2, -0.15) is 0 Å². The third-order valence-corrected chi connectivity index (χ3v) is 8.11. The number of rotatable bonds is 0. The van der Waals surface area contributed by atoms with Crippen molar-refractivity contribution in [2.75, 3.05) is 0 Å². The molecule has 0 radical (unpaired) electrons. The minimum atomic E-state index is 1.02. The molecule has 0 spiro atoms. The van der Waals surface area contributed by atoms with Crippen LogP contribution >= 0.6 is 0 Å². The molecular formula is C19H32. The lowest BCUT2D eigenvalue weighted by atomic mass is 9.48. The second-order valence-electron chi connectivity index (χ2n) is 8.50. The Morgan fingerprint density at radius 1 is 0.526 bits per heavy atom. The maximum absolute atomic E-state index is 2.63. The Kier molecular flexibility index (Phi) is 3.20. The van der Waals surface area contributed by atoms with Gasteiger partial charge in [0.15, 0.2) is 0 Å². The minimum absolute atomic E-state index is 1.02. The van der Waals surface area contributed by atoms with Crippen molar-refractivity contribution in [1.82, 2.24) is 0 Å². The van der Waals surface area contributed by atoms with Crippen LogP contribution in [-0.4, -0.2) is 0 Å². The first-order valence-electron chi connectivity index (χ1n) is 9.27. The molecule has 0 heterocycles. The second kappa shape index (κ2) is 4.78. The Morgan fingerprint density at radius 3 is 2.11 bits per heavy atom. The fraction of sp³-hybridized carbons (Fsp3) is 1.00. The maximum Gasteiger partial charge on any atom is -0.0324 e. The van der Waals surface area contributed by atoms with Crippen LogP contribution < -0.4 is 0 Å². The standard InChI is InChI=1S/C19H32/c1-12-13(2)19-16-9-5-6-14(16)10-11-18(19)17-8-4-3-7-15(12)17/h12-19H,3-11H2,1-2H3. The van der Waals surface area contributed by atoms with E-state index < -0.39 is 0 Å². The predicted molar refractivity (Wildman–Crippen MR) is 80.8 cm³/mol. The molecule has 108 valence electrons. The first-order valence-corrected chi connectivity index (χ1v) is 9.27. The highest BCUT2D eigenvalue weighted by Crippen LogP contribution is 2.61. The van der Waals surface area contributed by atoms with Crippen molar-refractivity contribution in [3.05, 3.63) is 0 Å². The van der Waals surface area contributed by atoms with E-state index in [0.717, 1.165) is 47.3 Å². The van der Waals surface area contributed by atoms with Gasteiger partial charge in [0.05, 0.1) is 0 Å². The van der Waals surface area contributed by atoms with Crippen LogP contribution in [-0.2, 0) is 0 Å². The van der Waals surface area contributed by atoms with E-state index in [1.165, 1.54) is 6.42 Å². The third-order valence-electron chi connectivity index (χ3n) is 8.11. The van der Waals surface area contributed by atoms with E-state index in [0.29, 0.717) is 0 Å². The van der Waals surface area contributed by atoms with Gasteiger partial charge in [-0.3, -0.25) is 0 Å². The van der Waals surface area contributed by atoms with Crippen molar-refractivity contribution in [3.63, 3.8) is 0 Å². The summed E-state index contributed by atoms with van der Waals surface area (Å²) >= 11 is 0. The molecule has 0 aromatic heterocycles. The van der Waals surface area contributed by atoms with Crippen LogP contribution in [0, 0.1) is 47.3 Å². The summed E-state index contributed by atoms with van der Waals surface area (Å²) in [4.78, 5) is 0. The Labute approximate surface area is 119 Å². The van der Waals surface area contributed by atoms with Crippen LogP contribution in [0.1, 0.15) is 71.6 Å². The summed E-state index contributed by atoms with van der Waals surface area (Å²) in [5.74, 6) is 8.80. The number of hydrogen-bond acceptors (Lipinski definition) is 0. The summed E-state index contributed by atoms with van der Waals surface area (Å²) in [7, 11) is 0. The average molecular weight is 260 g/mol. The second-order valence-corrected chi connectivity index (χ2v) is 8.50.